The maximum absolute atomic E-state index is 13.3. The quantitative estimate of drug-likeness (QED) is 0.732. The Hall–Kier alpha value is -1.66. The number of hydrogen-bond donors (Lipinski definition) is 1. The van der Waals surface area contributed by atoms with Gasteiger partial charge in [0.05, 0.1) is 10.3 Å². The molecule has 21 heavy (non-hydrogen) atoms. The van der Waals surface area contributed by atoms with E-state index in [0.717, 1.165) is 8.66 Å². The van der Waals surface area contributed by atoms with Crippen LogP contribution in [0.4, 0.5) is 4.39 Å². The molecule has 1 amide bonds. The Bertz CT molecular complexity index is 824. The standard InChI is InChI=1S/C15H11BrFNO2S/c1-8-11-6-9(17)2-4-12(11)20-14(8)15(19)18-7-10-3-5-13(16)21-10/h2-6H,7H2,1H3,(H,18,19). The van der Waals surface area contributed by atoms with Gasteiger partial charge in [-0.05, 0) is 53.2 Å². The molecule has 0 saturated heterocycles. The number of rotatable bonds is 3. The van der Waals surface area contributed by atoms with Crippen LogP contribution < -0.4 is 5.32 Å². The number of nitrogens with one attached hydrogen (secondary N) is 1. The molecule has 1 N–H and O–H groups in total. The topological polar surface area (TPSA) is 42.2 Å². The molecule has 0 fully saturated rings. The minimum atomic E-state index is -0.346. The summed E-state index contributed by atoms with van der Waals surface area (Å²) in [5.41, 5.74) is 1.16. The molecule has 0 saturated carbocycles. The van der Waals surface area contributed by atoms with Gasteiger partial charge < -0.3 is 9.73 Å². The summed E-state index contributed by atoms with van der Waals surface area (Å²) in [6, 6.07) is 8.10. The molecule has 0 spiro atoms. The Balaban J connectivity index is 1.82. The lowest BCUT2D eigenvalue weighted by Gasteiger charge is -2.01. The van der Waals surface area contributed by atoms with Crippen LogP contribution in [-0.2, 0) is 6.54 Å². The van der Waals surface area contributed by atoms with E-state index in [0.29, 0.717) is 23.1 Å². The van der Waals surface area contributed by atoms with Gasteiger partial charge in [-0.3, -0.25) is 4.79 Å². The molecule has 0 unspecified atom stereocenters. The Kier molecular flexibility index (Phi) is 3.82. The van der Waals surface area contributed by atoms with Crippen LogP contribution in [0.1, 0.15) is 21.0 Å². The predicted octanol–water partition coefficient (Wildman–Crippen LogP) is 4.63. The molecular formula is C15H11BrFNO2S. The average Bonchev–Trinajstić information content (AvgIpc) is 3.01. The second-order valence-electron chi connectivity index (χ2n) is 4.59. The third kappa shape index (κ3) is 2.87. The number of hydrogen-bond acceptors (Lipinski definition) is 3. The molecule has 0 atom stereocenters. The smallest absolute Gasteiger partial charge is 0.287 e. The average molecular weight is 368 g/mol. The summed E-state index contributed by atoms with van der Waals surface area (Å²) in [5, 5.41) is 3.43. The first-order valence-electron chi connectivity index (χ1n) is 6.25. The summed E-state index contributed by atoms with van der Waals surface area (Å²) in [4.78, 5) is 13.2. The zero-order valence-electron chi connectivity index (χ0n) is 11.1. The summed E-state index contributed by atoms with van der Waals surface area (Å²) in [7, 11) is 0. The number of thiophene rings is 1. The Morgan fingerprint density at radius 1 is 1.38 bits per heavy atom. The normalized spacial score (nSPS) is 11.0. The van der Waals surface area contributed by atoms with E-state index in [1.54, 1.807) is 18.3 Å². The van der Waals surface area contributed by atoms with Crippen LogP contribution in [0, 0.1) is 12.7 Å². The summed E-state index contributed by atoms with van der Waals surface area (Å²) in [5.74, 6) is -0.415. The van der Waals surface area contributed by atoms with Gasteiger partial charge in [0.25, 0.3) is 5.91 Å². The fourth-order valence-corrected chi connectivity index (χ4v) is 3.53. The van der Waals surface area contributed by atoms with Gasteiger partial charge in [-0.1, -0.05) is 0 Å². The zero-order valence-corrected chi connectivity index (χ0v) is 13.5. The highest BCUT2D eigenvalue weighted by atomic mass is 79.9. The van der Waals surface area contributed by atoms with Gasteiger partial charge in [0.2, 0.25) is 0 Å². The lowest BCUT2D eigenvalue weighted by molar-refractivity contribution is 0.0925. The van der Waals surface area contributed by atoms with Crippen molar-refractivity contribution in [2.24, 2.45) is 0 Å². The highest BCUT2D eigenvalue weighted by molar-refractivity contribution is 9.11. The molecule has 2 heterocycles. The second kappa shape index (κ2) is 5.61. The third-order valence-corrected chi connectivity index (χ3v) is 4.78. The minimum Gasteiger partial charge on any atom is -0.451 e. The molecule has 6 heteroatoms. The van der Waals surface area contributed by atoms with Crippen molar-refractivity contribution in [1.82, 2.24) is 5.32 Å². The molecule has 2 aromatic heterocycles. The van der Waals surface area contributed by atoms with Gasteiger partial charge in [0.15, 0.2) is 5.76 Å². The van der Waals surface area contributed by atoms with E-state index in [9.17, 15) is 9.18 Å². The lowest BCUT2D eigenvalue weighted by atomic mass is 10.1. The number of aryl methyl sites for hydroxylation is 1. The number of fused-ring (bicyclic) bond motifs is 1. The summed E-state index contributed by atoms with van der Waals surface area (Å²) < 4.78 is 19.8. The maximum atomic E-state index is 13.3. The van der Waals surface area contributed by atoms with Gasteiger partial charge >= 0.3 is 0 Å². The molecule has 3 rings (SSSR count). The van der Waals surface area contributed by atoms with Crippen molar-refractivity contribution in [3.05, 3.63) is 56.1 Å². The number of furan rings is 1. The van der Waals surface area contributed by atoms with Crippen molar-refractivity contribution < 1.29 is 13.6 Å². The van der Waals surface area contributed by atoms with Crippen molar-refractivity contribution >= 4 is 44.1 Å². The van der Waals surface area contributed by atoms with E-state index in [1.165, 1.54) is 18.2 Å². The first-order chi connectivity index (χ1) is 10.0. The molecule has 0 aliphatic carbocycles. The highest BCUT2D eigenvalue weighted by Crippen LogP contribution is 2.26. The van der Waals surface area contributed by atoms with Crippen LogP contribution >= 0.6 is 27.3 Å². The van der Waals surface area contributed by atoms with Crippen LogP contribution in [0.3, 0.4) is 0 Å². The maximum Gasteiger partial charge on any atom is 0.287 e. The van der Waals surface area contributed by atoms with Crippen LogP contribution in [0.5, 0.6) is 0 Å². The second-order valence-corrected chi connectivity index (χ2v) is 7.13. The molecule has 1 aromatic carbocycles. The molecule has 108 valence electrons. The van der Waals surface area contributed by atoms with Crippen LogP contribution in [0.2, 0.25) is 0 Å². The molecule has 0 bridgehead atoms. The van der Waals surface area contributed by atoms with E-state index in [2.05, 4.69) is 21.2 Å². The fourth-order valence-electron chi connectivity index (χ4n) is 2.10. The van der Waals surface area contributed by atoms with Crippen LogP contribution in [-0.4, -0.2) is 5.91 Å². The molecule has 3 aromatic rings. The SMILES string of the molecule is Cc1c(C(=O)NCc2ccc(Br)s2)oc2ccc(F)cc12. The number of amides is 1. The molecule has 0 aliphatic rings. The van der Waals surface area contributed by atoms with E-state index in [1.807, 2.05) is 12.1 Å². The van der Waals surface area contributed by atoms with Gasteiger partial charge in [0.1, 0.15) is 11.4 Å². The summed E-state index contributed by atoms with van der Waals surface area (Å²) in [6.07, 6.45) is 0. The Labute approximate surface area is 132 Å². The number of benzene rings is 1. The molecule has 0 aliphatic heterocycles. The van der Waals surface area contributed by atoms with Gasteiger partial charge in [-0.25, -0.2) is 4.39 Å². The van der Waals surface area contributed by atoms with Crippen molar-refractivity contribution in [3.8, 4) is 0 Å². The van der Waals surface area contributed by atoms with Gasteiger partial charge in [-0.15, -0.1) is 11.3 Å². The monoisotopic (exact) mass is 367 g/mol. The van der Waals surface area contributed by atoms with Crippen molar-refractivity contribution in [1.29, 1.82) is 0 Å². The van der Waals surface area contributed by atoms with Gasteiger partial charge in [-0.2, -0.15) is 0 Å². The Morgan fingerprint density at radius 2 is 2.19 bits per heavy atom. The highest BCUT2D eigenvalue weighted by Gasteiger charge is 2.17. The predicted molar refractivity (Wildman–Crippen MR) is 84.1 cm³/mol. The van der Waals surface area contributed by atoms with Crippen molar-refractivity contribution in [2.45, 2.75) is 13.5 Å². The van der Waals surface area contributed by atoms with Gasteiger partial charge in [0, 0.05) is 15.8 Å². The van der Waals surface area contributed by atoms with E-state index in [-0.39, 0.29) is 17.5 Å². The largest absolute Gasteiger partial charge is 0.451 e. The van der Waals surface area contributed by atoms with E-state index in [4.69, 9.17) is 4.42 Å². The van der Waals surface area contributed by atoms with Crippen LogP contribution in [0.15, 0.2) is 38.5 Å². The molecular weight excluding hydrogens is 357 g/mol. The van der Waals surface area contributed by atoms with Crippen molar-refractivity contribution in [2.75, 3.05) is 0 Å². The third-order valence-electron chi connectivity index (χ3n) is 3.16. The van der Waals surface area contributed by atoms with E-state index >= 15 is 0 Å². The first-order valence-corrected chi connectivity index (χ1v) is 7.86. The number of carbonyl (C=O) groups excluding carboxylic acids is 1. The van der Waals surface area contributed by atoms with Crippen molar-refractivity contribution in [3.63, 3.8) is 0 Å². The number of halogens is 2. The minimum absolute atomic E-state index is 0.228. The van der Waals surface area contributed by atoms with Crippen LogP contribution in [0.25, 0.3) is 11.0 Å². The van der Waals surface area contributed by atoms with E-state index < -0.39 is 0 Å². The Morgan fingerprint density at radius 3 is 2.90 bits per heavy atom. The summed E-state index contributed by atoms with van der Waals surface area (Å²) in [6.45, 7) is 2.18. The molecule has 0 radical (unpaired) electrons. The first kappa shape index (κ1) is 14.3. The fraction of sp³-hybridized carbons (Fsp3) is 0.133. The molecule has 3 nitrogen and oxygen atoms in total. The lowest BCUT2D eigenvalue weighted by Crippen LogP contribution is -2.22. The number of carbonyl (C=O) groups is 1. The zero-order chi connectivity index (χ0) is 15.0. The summed E-state index contributed by atoms with van der Waals surface area (Å²) >= 11 is 4.94.